The first kappa shape index (κ1) is 13.2. The molecule has 2 heterocycles. The van der Waals surface area contributed by atoms with Gasteiger partial charge in [0, 0.05) is 44.4 Å². The second kappa shape index (κ2) is 5.17. The number of aromatic nitrogens is 2. The van der Waals surface area contributed by atoms with Crippen molar-refractivity contribution in [3.8, 4) is 0 Å². The van der Waals surface area contributed by atoms with Crippen LogP contribution in [-0.2, 0) is 15.1 Å². The van der Waals surface area contributed by atoms with Crippen LogP contribution >= 0.6 is 0 Å². The lowest BCUT2D eigenvalue weighted by Gasteiger charge is -2.34. The Balaban J connectivity index is 2.45. The molecule has 0 radical (unpaired) electrons. The van der Waals surface area contributed by atoms with Crippen LogP contribution in [0.3, 0.4) is 0 Å². The fraction of sp³-hybridized carbons (Fsp3) is 0.667. The fourth-order valence-corrected chi connectivity index (χ4v) is 2.19. The van der Waals surface area contributed by atoms with Gasteiger partial charge < -0.3 is 14.9 Å². The molecule has 18 heavy (non-hydrogen) atoms. The van der Waals surface area contributed by atoms with Crippen molar-refractivity contribution in [3.05, 3.63) is 17.1 Å². The summed E-state index contributed by atoms with van der Waals surface area (Å²) in [7, 11) is 1.69. The number of hydrogen-bond donors (Lipinski definition) is 2. The first-order valence-corrected chi connectivity index (χ1v) is 6.08. The number of aryl methyl sites for hydroxylation is 1. The summed E-state index contributed by atoms with van der Waals surface area (Å²) >= 11 is 0. The molecule has 0 amide bonds. The van der Waals surface area contributed by atoms with Gasteiger partial charge in [-0.2, -0.15) is 0 Å². The topological polar surface area (TPSA) is 82.3 Å². The summed E-state index contributed by atoms with van der Waals surface area (Å²) in [5.74, 6) is 6.83. The van der Waals surface area contributed by atoms with Gasteiger partial charge in [-0.1, -0.05) is 0 Å². The van der Waals surface area contributed by atoms with E-state index in [1.54, 1.807) is 7.11 Å². The van der Waals surface area contributed by atoms with E-state index in [9.17, 15) is 0 Å². The van der Waals surface area contributed by atoms with E-state index in [4.69, 9.17) is 15.3 Å². The number of nitrogens with one attached hydrogen (secondary N) is 1. The van der Waals surface area contributed by atoms with Gasteiger partial charge in [0.25, 0.3) is 0 Å². The maximum atomic E-state index is 5.69. The molecule has 2 rings (SSSR count). The van der Waals surface area contributed by atoms with Gasteiger partial charge in [0.1, 0.15) is 11.4 Å². The van der Waals surface area contributed by atoms with Crippen molar-refractivity contribution in [2.75, 3.05) is 25.7 Å². The Morgan fingerprint density at radius 3 is 2.50 bits per heavy atom. The quantitative estimate of drug-likeness (QED) is 0.617. The molecular formula is C12H20N4O2. The first-order chi connectivity index (χ1) is 8.63. The van der Waals surface area contributed by atoms with Crippen LogP contribution in [0.15, 0.2) is 0 Å². The third-order valence-corrected chi connectivity index (χ3v) is 3.62. The van der Waals surface area contributed by atoms with Crippen molar-refractivity contribution in [2.24, 2.45) is 5.84 Å². The van der Waals surface area contributed by atoms with Crippen LogP contribution in [0.4, 0.5) is 5.82 Å². The summed E-state index contributed by atoms with van der Waals surface area (Å²) < 4.78 is 11.1. The largest absolute Gasteiger partial charge is 0.381 e. The number of nitrogens with zero attached hydrogens (tertiary/aromatic N) is 2. The van der Waals surface area contributed by atoms with Crippen molar-refractivity contribution in [1.82, 2.24) is 9.97 Å². The molecule has 0 aromatic carbocycles. The summed E-state index contributed by atoms with van der Waals surface area (Å²) in [5, 5.41) is 0. The third kappa shape index (κ3) is 2.19. The lowest BCUT2D eigenvalue weighted by atomic mass is 9.92. The molecule has 1 aromatic rings. The smallest absolute Gasteiger partial charge is 0.163 e. The minimum Gasteiger partial charge on any atom is -0.381 e. The van der Waals surface area contributed by atoms with E-state index < -0.39 is 5.60 Å². The lowest BCUT2D eigenvalue weighted by molar-refractivity contribution is -0.1000. The Hall–Kier alpha value is -1.24. The zero-order valence-electron chi connectivity index (χ0n) is 11.1. The van der Waals surface area contributed by atoms with E-state index in [0.29, 0.717) is 24.9 Å². The van der Waals surface area contributed by atoms with Gasteiger partial charge in [-0.15, -0.1) is 0 Å². The average Bonchev–Trinajstić information content (AvgIpc) is 2.42. The predicted molar refractivity (Wildman–Crippen MR) is 68.1 cm³/mol. The van der Waals surface area contributed by atoms with Crippen LogP contribution in [0.2, 0.25) is 0 Å². The summed E-state index contributed by atoms with van der Waals surface area (Å²) in [6.07, 6.45) is 1.52. The Bertz CT molecular complexity index is 430. The maximum absolute atomic E-state index is 5.69. The van der Waals surface area contributed by atoms with E-state index >= 15 is 0 Å². The molecule has 3 N–H and O–H groups in total. The Morgan fingerprint density at radius 2 is 1.94 bits per heavy atom. The molecule has 0 saturated carbocycles. The van der Waals surface area contributed by atoms with Crippen molar-refractivity contribution in [3.63, 3.8) is 0 Å². The lowest BCUT2D eigenvalue weighted by Crippen LogP contribution is -2.38. The van der Waals surface area contributed by atoms with Gasteiger partial charge in [-0.3, -0.25) is 0 Å². The molecule has 100 valence electrons. The molecule has 0 spiro atoms. The van der Waals surface area contributed by atoms with Crippen LogP contribution in [0.25, 0.3) is 0 Å². The molecule has 1 aromatic heterocycles. The van der Waals surface area contributed by atoms with E-state index in [0.717, 1.165) is 24.1 Å². The molecule has 6 nitrogen and oxygen atoms in total. The Morgan fingerprint density at radius 1 is 1.28 bits per heavy atom. The molecule has 0 unspecified atom stereocenters. The molecule has 1 fully saturated rings. The highest BCUT2D eigenvalue weighted by Gasteiger charge is 2.38. The van der Waals surface area contributed by atoms with E-state index in [1.807, 2.05) is 13.8 Å². The van der Waals surface area contributed by atoms with Gasteiger partial charge >= 0.3 is 0 Å². The predicted octanol–water partition coefficient (Wildman–Crippen LogP) is 1.03. The second-order valence-corrected chi connectivity index (χ2v) is 4.56. The monoisotopic (exact) mass is 252 g/mol. The van der Waals surface area contributed by atoms with Crippen LogP contribution in [0, 0.1) is 13.8 Å². The number of anilines is 1. The van der Waals surface area contributed by atoms with Gasteiger partial charge in [0.05, 0.1) is 0 Å². The van der Waals surface area contributed by atoms with E-state index in [-0.39, 0.29) is 0 Å². The number of hydrogen-bond acceptors (Lipinski definition) is 6. The van der Waals surface area contributed by atoms with Crippen molar-refractivity contribution >= 4 is 5.82 Å². The number of rotatable bonds is 3. The normalized spacial score (nSPS) is 18.7. The van der Waals surface area contributed by atoms with Crippen LogP contribution in [0.1, 0.15) is 29.9 Å². The van der Waals surface area contributed by atoms with Crippen molar-refractivity contribution in [2.45, 2.75) is 32.3 Å². The molecule has 0 bridgehead atoms. The minimum atomic E-state index is -0.456. The van der Waals surface area contributed by atoms with Gasteiger partial charge in [-0.05, 0) is 13.8 Å². The number of nitrogens with two attached hydrogens (primary N) is 1. The highest BCUT2D eigenvalue weighted by atomic mass is 16.5. The van der Waals surface area contributed by atoms with Gasteiger partial charge in [0.15, 0.2) is 5.82 Å². The summed E-state index contributed by atoms with van der Waals surface area (Å²) in [5.41, 5.74) is 4.03. The average molecular weight is 252 g/mol. The number of nitrogen functional groups attached to an aromatic ring is 1. The molecule has 1 aliphatic rings. The van der Waals surface area contributed by atoms with Crippen LogP contribution < -0.4 is 11.3 Å². The SMILES string of the molecule is COC1(c2nc(C)c(C)c(NN)n2)CCOCC1. The molecule has 1 aliphatic heterocycles. The number of methoxy groups -OCH3 is 1. The standard InChI is InChI=1S/C12H20N4O2/c1-8-9(2)14-11(15-10(8)16-13)12(17-3)4-6-18-7-5-12/h4-7,13H2,1-3H3,(H,14,15,16). The molecule has 1 saturated heterocycles. The maximum Gasteiger partial charge on any atom is 0.163 e. The highest BCUT2D eigenvalue weighted by molar-refractivity contribution is 5.44. The number of hydrazine groups is 1. The Labute approximate surface area is 107 Å². The summed E-state index contributed by atoms with van der Waals surface area (Å²) in [6.45, 7) is 5.22. The first-order valence-electron chi connectivity index (χ1n) is 6.08. The molecular weight excluding hydrogens is 232 g/mol. The number of ether oxygens (including phenoxy) is 2. The summed E-state index contributed by atoms with van der Waals surface area (Å²) in [4.78, 5) is 9.05. The third-order valence-electron chi connectivity index (χ3n) is 3.62. The van der Waals surface area contributed by atoms with Crippen molar-refractivity contribution in [1.29, 1.82) is 0 Å². The highest BCUT2D eigenvalue weighted by Crippen LogP contribution is 2.34. The van der Waals surface area contributed by atoms with Gasteiger partial charge in [0.2, 0.25) is 0 Å². The second-order valence-electron chi connectivity index (χ2n) is 4.56. The molecule has 6 heteroatoms. The molecule has 0 atom stereocenters. The fourth-order valence-electron chi connectivity index (χ4n) is 2.19. The van der Waals surface area contributed by atoms with E-state index in [2.05, 4.69) is 15.4 Å². The van der Waals surface area contributed by atoms with Gasteiger partial charge in [-0.25, -0.2) is 15.8 Å². The zero-order valence-corrected chi connectivity index (χ0v) is 11.1. The van der Waals surface area contributed by atoms with Crippen LogP contribution in [0.5, 0.6) is 0 Å². The zero-order chi connectivity index (χ0) is 13.2. The Kier molecular flexibility index (Phi) is 3.79. The summed E-state index contributed by atoms with van der Waals surface area (Å²) in [6, 6.07) is 0. The van der Waals surface area contributed by atoms with Crippen LogP contribution in [-0.4, -0.2) is 30.3 Å². The van der Waals surface area contributed by atoms with Crippen molar-refractivity contribution < 1.29 is 9.47 Å². The van der Waals surface area contributed by atoms with E-state index in [1.165, 1.54) is 0 Å². The molecule has 0 aliphatic carbocycles. The minimum absolute atomic E-state index is 0.456.